The summed E-state index contributed by atoms with van der Waals surface area (Å²) in [6.45, 7) is 2.28. The Morgan fingerprint density at radius 1 is 0.857 bits per heavy atom. The Morgan fingerprint density at radius 2 is 1.38 bits per heavy atom. The highest BCUT2D eigenvalue weighted by atomic mass is 35.5. The van der Waals surface area contributed by atoms with Crippen LogP contribution >= 0.6 is 11.6 Å². The van der Waals surface area contributed by atoms with Gasteiger partial charge in [-0.1, -0.05) is 101 Å². The normalized spacial score (nSPS) is 12.5. The van der Waals surface area contributed by atoms with Crippen molar-refractivity contribution in [3.8, 4) is 0 Å². The van der Waals surface area contributed by atoms with Crippen LogP contribution in [-0.4, -0.2) is 10.2 Å². The number of unbranched alkanes of at least 4 members (excludes halogenated alkanes) is 9. The lowest BCUT2D eigenvalue weighted by Crippen LogP contribution is -2.11. The highest BCUT2D eigenvalue weighted by Crippen LogP contribution is 2.25. The second-order valence-corrected chi connectivity index (χ2v) is 7.09. The third kappa shape index (κ3) is 8.68. The van der Waals surface area contributed by atoms with Crippen molar-refractivity contribution >= 4 is 27.0 Å². The molecule has 0 saturated heterocycles. The first-order valence-corrected chi connectivity index (χ1v) is 9.64. The summed E-state index contributed by atoms with van der Waals surface area (Å²) in [5.41, 5.74) is 1.23. The summed E-state index contributed by atoms with van der Waals surface area (Å²) in [4.78, 5) is 0. The van der Waals surface area contributed by atoms with Gasteiger partial charge in [-0.25, -0.2) is 0 Å². The summed E-state index contributed by atoms with van der Waals surface area (Å²) in [6.07, 6.45) is 14.9. The zero-order chi connectivity index (χ0) is 15.3. The van der Waals surface area contributed by atoms with E-state index in [0.29, 0.717) is 0 Å². The second kappa shape index (κ2) is 12.3. The fourth-order valence-electron chi connectivity index (χ4n) is 2.74. The predicted octanol–water partition coefficient (Wildman–Crippen LogP) is 6.07. The molecule has 0 nitrogen and oxygen atoms in total. The number of hydrogen-bond donors (Lipinski definition) is 0. The van der Waals surface area contributed by atoms with E-state index in [2.05, 4.69) is 35.4 Å². The summed E-state index contributed by atoms with van der Waals surface area (Å²) in [7, 11) is 3.63. The minimum atomic E-state index is 0.146. The molecule has 1 rings (SSSR count). The maximum atomic E-state index is 6.49. The number of hydrogen-bond acceptors (Lipinski definition) is 0. The molecule has 0 aliphatic heterocycles. The van der Waals surface area contributed by atoms with Crippen molar-refractivity contribution < 1.29 is 0 Å². The largest absolute Gasteiger partial charge is 0.118 e. The first kappa shape index (κ1) is 18.8. The smallest absolute Gasteiger partial charge is 0.0716 e. The number of benzene rings is 1. The Labute approximate surface area is 140 Å². The molecule has 0 spiro atoms. The Bertz CT molecular complexity index is 364. The van der Waals surface area contributed by atoms with E-state index in [1.807, 2.05) is 6.07 Å². The van der Waals surface area contributed by atoms with E-state index in [1.54, 1.807) is 0 Å². The van der Waals surface area contributed by atoms with E-state index < -0.39 is 0 Å². The van der Waals surface area contributed by atoms with E-state index >= 15 is 0 Å². The molecule has 0 heterocycles. The molecular weight excluding hydrogens is 292 g/mol. The zero-order valence-electron chi connectivity index (χ0n) is 13.5. The molecule has 1 unspecified atom stereocenters. The van der Waals surface area contributed by atoms with Crippen molar-refractivity contribution in [2.75, 3.05) is 0 Å². The maximum Gasteiger partial charge on any atom is 0.0716 e. The third-order valence-electron chi connectivity index (χ3n) is 4.11. The molecule has 117 valence electrons. The van der Waals surface area contributed by atoms with E-state index in [0.717, 1.165) is 11.6 Å². The zero-order valence-corrected chi connectivity index (χ0v) is 15.3. The Balaban J connectivity index is 1.98. The van der Waals surface area contributed by atoms with E-state index in [1.165, 1.54) is 69.8 Å². The van der Waals surface area contributed by atoms with Gasteiger partial charge in [0.25, 0.3) is 0 Å². The van der Waals surface area contributed by atoms with Crippen molar-refractivity contribution in [2.24, 2.45) is 0 Å². The minimum absolute atomic E-state index is 0.146. The molecule has 3 radical (unpaired) electrons. The van der Waals surface area contributed by atoms with Crippen LogP contribution in [0.15, 0.2) is 24.3 Å². The van der Waals surface area contributed by atoms with Gasteiger partial charge in [0, 0.05) is 0 Å². The SMILES string of the molecule is CCCCCCCCCCCCC(Cl)c1ccccc1[Si]. The Kier molecular flexibility index (Phi) is 11.0. The molecule has 1 atom stereocenters. The van der Waals surface area contributed by atoms with Gasteiger partial charge in [0.1, 0.15) is 0 Å². The lowest BCUT2D eigenvalue weighted by atomic mass is 10.0. The van der Waals surface area contributed by atoms with Gasteiger partial charge in [-0.15, -0.1) is 11.6 Å². The lowest BCUT2D eigenvalue weighted by Gasteiger charge is -2.12. The molecule has 1 aromatic carbocycles. The van der Waals surface area contributed by atoms with Gasteiger partial charge in [-0.05, 0) is 12.0 Å². The van der Waals surface area contributed by atoms with Crippen LogP contribution in [0.4, 0.5) is 0 Å². The minimum Gasteiger partial charge on any atom is -0.118 e. The standard InChI is InChI=1S/C19H30ClSi/c1-2-3-4-5-6-7-8-9-10-11-15-18(20)17-14-12-13-16-19(17)21/h12-14,16,18H,2-11,15H2,1H3. The molecule has 1 aromatic rings. The second-order valence-electron chi connectivity index (χ2n) is 6.03. The van der Waals surface area contributed by atoms with Crippen molar-refractivity contribution in [1.82, 2.24) is 0 Å². The van der Waals surface area contributed by atoms with Gasteiger partial charge in [0.05, 0.1) is 15.6 Å². The van der Waals surface area contributed by atoms with Crippen molar-refractivity contribution in [2.45, 2.75) is 82.9 Å². The van der Waals surface area contributed by atoms with Crippen LogP contribution < -0.4 is 5.19 Å². The average molecular weight is 322 g/mol. The van der Waals surface area contributed by atoms with Gasteiger partial charge in [0.15, 0.2) is 0 Å². The molecule has 0 aromatic heterocycles. The molecule has 0 N–H and O–H groups in total. The van der Waals surface area contributed by atoms with E-state index in [9.17, 15) is 0 Å². The van der Waals surface area contributed by atoms with Crippen molar-refractivity contribution in [3.63, 3.8) is 0 Å². The van der Waals surface area contributed by atoms with Gasteiger partial charge in [0.2, 0.25) is 0 Å². The van der Waals surface area contributed by atoms with Crippen LogP contribution in [0.2, 0.25) is 0 Å². The van der Waals surface area contributed by atoms with Crippen LogP contribution in [0.25, 0.3) is 0 Å². The molecule has 0 aliphatic carbocycles. The first-order chi connectivity index (χ1) is 10.3. The van der Waals surface area contributed by atoms with Crippen molar-refractivity contribution in [1.29, 1.82) is 0 Å². The van der Waals surface area contributed by atoms with Crippen molar-refractivity contribution in [3.05, 3.63) is 29.8 Å². The van der Waals surface area contributed by atoms with Gasteiger partial charge < -0.3 is 0 Å². The van der Waals surface area contributed by atoms with Gasteiger partial charge in [-0.3, -0.25) is 0 Å². The number of rotatable bonds is 12. The van der Waals surface area contributed by atoms with Crippen LogP contribution in [-0.2, 0) is 0 Å². The molecule has 0 bridgehead atoms. The van der Waals surface area contributed by atoms with Crippen LogP contribution in [0.5, 0.6) is 0 Å². The number of halogens is 1. The van der Waals surface area contributed by atoms with Crippen LogP contribution in [0, 0.1) is 0 Å². The monoisotopic (exact) mass is 321 g/mol. The molecule has 2 heteroatoms. The summed E-state index contributed by atoms with van der Waals surface area (Å²) in [5.74, 6) is 0. The quantitative estimate of drug-likeness (QED) is 0.249. The third-order valence-corrected chi connectivity index (χ3v) is 5.02. The molecule has 0 fully saturated rings. The fraction of sp³-hybridized carbons (Fsp3) is 0.684. The topological polar surface area (TPSA) is 0 Å². The highest BCUT2D eigenvalue weighted by Gasteiger charge is 2.09. The molecule has 0 amide bonds. The lowest BCUT2D eigenvalue weighted by molar-refractivity contribution is 0.548. The predicted molar refractivity (Wildman–Crippen MR) is 96.9 cm³/mol. The average Bonchev–Trinajstić information content (AvgIpc) is 2.49. The fourth-order valence-corrected chi connectivity index (χ4v) is 3.53. The van der Waals surface area contributed by atoms with Crippen LogP contribution in [0.1, 0.15) is 88.5 Å². The maximum absolute atomic E-state index is 6.49. The van der Waals surface area contributed by atoms with Gasteiger partial charge >= 0.3 is 0 Å². The molecule has 0 aliphatic rings. The number of alkyl halides is 1. The van der Waals surface area contributed by atoms with E-state index in [4.69, 9.17) is 11.6 Å². The highest BCUT2D eigenvalue weighted by molar-refractivity contribution is 6.34. The summed E-state index contributed by atoms with van der Waals surface area (Å²) >= 11 is 6.49. The first-order valence-electron chi connectivity index (χ1n) is 8.70. The molecule has 21 heavy (non-hydrogen) atoms. The summed E-state index contributed by atoms with van der Waals surface area (Å²) in [6, 6.07) is 8.29. The summed E-state index contributed by atoms with van der Waals surface area (Å²) in [5, 5.41) is 1.28. The molecular formula is C19H30ClSi. The molecule has 0 saturated carbocycles. The van der Waals surface area contributed by atoms with E-state index in [-0.39, 0.29) is 5.38 Å². The Hall–Kier alpha value is -0.273. The summed E-state index contributed by atoms with van der Waals surface area (Å²) < 4.78 is 0. The Morgan fingerprint density at radius 3 is 1.95 bits per heavy atom. The van der Waals surface area contributed by atoms with Crippen LogP contribution in [0.3, 0.4) is 0 Å². The van der Waals surface area contributed by atoms with Gasteiger partial charge in [-0.2, -0.15) is 0 Å².